The number of likely N-dealkylation sites (N-methyl/N-ethyl adjacent to an activating group) is 1. The van der Waals surface area contributed by atoms with Crippen molar-refractivity contribution < 1.29 is 19.2 Å². The van der Waals surface area contributed by atoms with Crippen LogP contribution in [0.1, 0.15) is 29.6 Å². The minimum absolute atomic E-state index is 0.0959. The Labute approximate surface area is 105 Å². The summed E-state index contributed by atoms with van der Waals surface area (Å²) in [6.07, 6.45) is 0.886. The molecule has 0 radical (unpaired) electrons. The van der Waals surface area contributed by atoms with Crippen molar-refractivity contribution >= 4 is 11.9 Å². The Morgan fingerprint density at radius 3 is 2.78 bits per heavy atom. The zero-order valence-electron chi connectivity index (χ0n) is 10.5. The van der Waals surface area contributed by atoms with E-state index in [1.54, 1.807) is 7.05 Å². The number of carboxylic acid groups (broad SMARTS) is 1. The van der Waals surface area contributed by atoms with Crippen LogP contribution in [0.15, 0.2) is 10.6 Å². The highest BCUT2D eigenvalue weighted by molar-refractivity contribution is 5.85. The largest absolute Gasteiger partial charge is 0.476 e. The summed E-state index contributed by atoms with van der Waals surface area (Å²) in [4.78, 5) is 23.8. The lowest BCUT2D eigenvalue weighted by molar-refractivity contribution is -0.121. The van der Waals surface area contributed by atoms with Crippen LogP contribution in [0.3, 0.4) is 0 Å². The van der Waals surface area contributed by atoms with Crippen molar-refractivity contribution in [2.24, 2.45) is 0 Å². The van der Waals surface area contributed by atoms with E-state index in [0.717, 1.165) is 13.0 Å². The van der Waals surface area contributed by atoms with Gasteiger partial charge in [0.25, 0.3) is 0 Å². The van der Waals surface area contributed by atoms with Crippen LogP contribution in [0.25, 0.3) is 0 Å². The van der Waals surface area contributed by atoms with Crippen LogP contribution in [0.5, 0.6) is 0 Å². The summed E-state index contributed by atoms with van der Waals surface area (Å²) in [6.45, 7) is 3.32. The molecule has 1 aromatic rings. The number of hydrogen-bond donors (Lipinski definition) is 2. The van der Waals surface area contributed by atoms with E-state index < -0.39 is 5.97 Å². The predicted molar refractivity (Wildman–Crippen MR) is 63.1 cm³/mol. The van der Waals surface area contributed by atoms with E-state index in [0.29, 0.717) is 12.3 Å². The number of amides is 1. The molecule has 0 aliphatic rings. The molecule has 0 spiro atoms. The first-order valence-electron chi connectivity index (χ1n) is 5.68. The fraction of sp³-hybridized carbons (Fsp3) is 0.545. The van der Waals surface area contributed by atoms with Gasteiger partial charge in [0.2, 0.25) is 5.91 Å². The van der Waals surface area contributed by atoms with Crippen LogP contribution in [0, 0.1) is 0 Å². The highest BCUT2D eigenvalue weighted by Crippen LogP contribution is 2.07. The molecule has 18 heavy (non-hydrogen) atoms. The Balaban J connectivity index is 2.63. The third kappa shape index (κ3) is 4.17. The number of rotatable bonds is 7. The molecule has 0 saturated heterocycles. The molecule has 1 aromatic heterocycles. The van der Waals surface area contributed by atoms with E-state index in [2.05, 4.69) is 10.5 Å². The van der Waals surface area contributed by atoms with Gasteiger partial charge in [0, 0.05) is 13.1 Å². The van der Waals surface area contributed by atoms with Gasteiger partial charge in [0.05, 0.1) is 13.1 Å². The van der Waals surface area contributed by atoms with Gasteiger partial charge in [-0.3, -0.25) is 9.69 Å². The lowest BCUT2D eigenvalue weighted by atomic mass is 10.3. The molecule has 7 heteroatoms. The van der Waals surface area contributed by atoms with Crippen LogP contribution >= 0.6 is 0 Å². The number of aromatic carboxylic acids is 1. The first kappa shape index (κ1) is 14.2. The molecule has 0 saturated carbocycles. The zero-order valence-corrected chi connectivity index (χ0v) is 10.5. The molecule has 7 nitrogen and oxygen atoms in total. The molecule has 1 rings (SSSR count). The van der Waals surface area contributed by atoms with E-state index in [4.69, 9.17) is 9.63 Å². The molecule has 2 N–H and O–H groups in total. The van der Waals surface area contributed by atoms with Crippen LogP contribution in [-0.4, -0.2) is 47.2 Å². The highest BCUT2D eigenvalue weighted by atomic mass is 16.5. The van der Waals surface area contributed by atoms with Gasteiger partial charge in [-0.2, -0.15) is 0 Å². The van der Waals surface area contributed by atoms with Gasteiger partial charge in [0.1, 0.15) is 0 Å². The summed E-state index contributed by atoms with van der Waals surface area (Å²) in [6, 6.07) is 1.37. The second kappa shape index (κ2) is 6.75. The van der Waals surface area contributed by atoms with Crippen molar-refractivity contribution in [3.8, 4) is 0 Å². The quantitative estimate of drug-likeness (QED) is 0.729. The molecule has 0 aliphatic heterocycles. The lowest BCUT2D eigenvalue weighted by Crippen LogP contribution is -2.35. The van der Waals surface area contributed by atoms with E-state index in [1.807, 2.05) is 11.8 Å². The van der Waals surface area contributed by atoms with Gasteiger partial charge < -0.3 is 14.9 Å². The maximum atomic E-state index is 11.3. The van der Waals surface area contributed by atoms with Gasteiger partial charge in [-0.15, -0.1) is 0 Å². The van der Waals surface area contributed by atoms with E-state index in [1.165, 1.54) is 6.07 Å². The molecule has 0 bridgehead atoms. The standard InChI is InChI=1S/C11H17N3O4/c1-3-4-14(7-10(15)12-2)6-8-5-9(11(16)17)13-18-8/h5H,3-4,6-7H2,1-2H3,(H,12,15)(H,16,17). The monoisotopic (exact) mass is 255 g/mol. The second-order valence-electron chi connectivity index (χ2n) is 3.87. The minimum atomic E-state index is -1.13. The molecule has 1 amide bonds. The molecule has 1 heterocycles. The normalized spacial score (nSPS) is 10.6. The number of nitrogens with one attached hydrogen (secondary N) is 1. The first-order chi connectivity index (χ1) is 8.56. The Morgan fingerprint density at radius 1 is 1.56 bits per heavy atom. The van der Waals surface area contributed by atoms with Crippen molar-refractivity contribution in [3.05, 3.63) is 17.5 Å². The van der Waals surface area contributed by atoms with Gasteiger partial charge >= 0.3 is 5.97 Å². The fourth-order valence-electron chi connectivity index (χ4n) is 1.52. The first-order valence-corrected chi connectivity index (χ1v) is 5.68. The minimum Gasteiger partial charge on any atom is -0.476 e. The summed E-state index contributed by atoms with van der Waals surface area (Å²) in [5.41, 5.74) is -0.124. The summed E-state index contributed by atoms with van der Waals surface area (Å²) < 4.78 is 4.91. The van der Waals surface area contributed by atoms with Crippen molar-refractivity contribution in [2.75, 3.05) is 20.1 Å². The Hall–Kier alpha value is -1.89. The van der Waals surface area contributed by atoms with E-state index in [-0.39, 0.29) is 18.1 Å². The third-order valence-corrected chi connectivity index (χ3v) is 2.34. The van der Waals surface area contributed by atoms with Gasteiger partial charge in [-0.25, -0.2) is 4.79 Å². The maximum Gasteiger partial charge on any atom is 0.358 e. The molecule has 0 aromatic carbocycles. The molecule has 0 fully saturated rings. The Kier molecular flexibility index (Phi) is 5.31. The molecule has 0 aliphatic carbocycles. The van der Waals surface area contributed by atoms with Crippen LogP contribution < -0.4 is 5.32 Å². The number of hydrogen-bond acceptors (Lipinski definition) is 5. The number of carbonyl (C=O) groups is 2. The highest BCUT2D eigenvalue weighted by Gasteiger charge is 2.15. The Bertz CT molecular complexity index is 416. The summed E-state index contributed by atoms with van der Waals surface area (Å²) >= 11 is 0. The zero-order chi connectivity index (χ0) is 13.5. The summed E-state index contributed by atoms with van der Waals surface area (Å²) in [7, 11) is 1.57. The molecule has 0 unspecified atom stereocenters. The molecular formula is C11H17N3O4. The average Bonchev–Trinajstić information content (AvgIpc) is 2.77. The lowest BCUT2D eigenvalue weighted by Gasteiger charge is -2.18. The van der Waals surface area contributed by atoms with Crippen LogP contribution in [0.2, 0.25) is 0 Å². The number of nitrogens with zero attached hydrogens (tertiary/aromatic N) is 2. The number of carbonyl (C=O) groups excluding carboxylic acids is 1. The second-order valence-corrected chi connectivity index (χ2v) is 3.87. The number of carboxylic acids is 1. The van der Waals surface area contributed by atoms with Gasteiger partial charge in [-0.05, 0) is 13.0 Å². The van der Waals surface area contributed by atoms with Crippen LogP contribution in [0.4, 0.5) is 0 Å². The van der Waals surface area contributed by atoms with Crippen LogP contribution in [-0.2, 0) is 11.3 Å². The van der Waals surface area contributed by atoms with Crippen molar-refractivity contribution in [1.29, 1.82) is 0 Å². The van der Waals surface area contributed by atoms with Gasteiger partial charge in [-0.1, -0.05) is 12.1 Å². The SMILES string of the molecule is CCCN(CC(=O)NC)Cc1cc(C(=O)O)no1. The van der Waals surface area contributed by atoms with Crippen molar-refractivity contribution in [3.63, 3.8) is 0 Å². The Morgan fingerprint density at radius 2 is 2.28 bits per heavy atom. The van der Waals surface area contributed by atoms with Gasteiger partial charge in [0.15, 0.2) is 11.5 Å². The smallest absolute Gasteiger partial charge is 0.358 e. The fourth-order valence-corrected chi connectivity index (χ4v) is 1.52. The van der Waals surface area contributed by atoms with Crippen molar-refractivity contribution in [1.82, 2.24) is 15.4 Å². The topological polar surface area (TPSA) is 95.7 Å². The molecule has 100 valence electrons. The van der Waals surface area contributed by atoms with E-state index in [9.17, 15) is 9.59 Å². The summed E-state index contributed by atoms with van der Waals surface area (Å²) in [5, 5.41) is 14.7. The van der Waals surface area contributed by atoms with E-state index >= 15 is 0 Å². The molecule has 0 atom stereocenters. The number of aromatic nitrogens is 1. The average molecular weight is 255 g/mol. The predicted octanol–water partition coefficient (Wildman–Crippen LogP) is 0.331. The maximum absolute atomic E-state index is 11.3. The third-order valence-electron chi connectivity index (χ3n) is 2.34. The summed E-state index contributed by atoms with van der Waals surface area (Å²) in [5.74, 6) is -0.787. The molecular weight excluding hydrogens is 238 g/mol. The van der Waals surface area contributed by atoms with Crippen molar-refractivity contribution in [2.45, 2.75) is 19.9 Å².